The average molecular weight is 302 g/mol. The number of hydrogen-bond donors (Lipinski definition) is 1. The molecule has 1 aliphatic carbocycles. The fourth-order valence-corrected chi connectivity index (χ4v) is 3.18. The topological polar surface area (TPSA) is 58.6 Å². The van der Waals surface area contributed by atoms with Crippen molar-refractivity contribution in [3.8, 4) is 5.75 Å². The number of carbonyl (C=O) groups excluding carboxylic acids is 2. The van der Waals surface area contributed by atoms with Crippen LogP contribution in [0, 0.1) is 0 Å². The third-order valence-electron chi connectivity index (χ3n) is 4.36. The van der Waals surface area contributed by atoms with Gasteiger partial charge in [-0.2, -0.15) is 0 Å². The first-order valence-corrected chi connectivity index (χ1v) is 8.05. The van der Waals surface area contributed by atoms with Crippen LogP contribution in [0.25, 0.3) is 0 Å². The first-order chi connectivity index (χ1) is 10.7. The van der Waals surface area contributed by atoms with Crippen molar-refractivity contribution in [1.29, 1.82) is 0 Å². The molecule has 1 atom stereocenters. The molecule has 2 aliphatic rings. The van der Waals surface area contributed by atoms with E-state index >= 15 is 0 Å². The molecule has 0 bridgehead atoms. The molecule has 118 valence electrons. The minimum atomic E-state index is -0.505. The number of nitrogens with zero attached hydrogens (tertiary/aromatic N) is 1. The second-order valence-electron chi connectivity index (χ2n) is 5.96. The average Bonchev–Trinajstić information content (AvgIpc) is 3.02. The van der Waals surface area contributed by atoms with Gasteiger partial charge in [-0.15, -0.1) is 0 Å². The molecule has 5 heteroatoms. The fourth-order valence-electron chi connectivity index (χ4n) is 3.18. The van der Waals surface area contributed by atoms with E-state index in [0.717, 1.165) is 12.8 Å². The summed E-state index contributed by atoms with van der Waals surface area (Å²) in [7, 11) is 0. The summed E-state index contributed by atoms with van der Waals surface area (Å²) in [6.07, 6.45) is 4.50. The number of para-hydroxylation sites is 2. The van der Waals surface area contributed by atoms with E-state index in [9.17, 15) is 9.59 Å². The van der Waals surface area contributed by atoms with Gasteiger partial charge in [0.25, 0.3) is 5.91 Å². The monoisotopic (exact) mass is 302 g/mol. The summed E-state index contributed by atoms with van der Waals surface area (Å²) in [5.74, 6) is 0.442. The van der Waals surface area contributed by atoms with E-state index in [2.05, 4.69) is 5.32 Å². The van der Waals surface area contributed by atoms with Gasteiger partial charge in [-0.1, -0.05) is 31.9 Å². The van der Waals surface area contributed by atoms with E-state index in [-0.39, 0.29) is 24.4 Å². The number of fused-ring (bicyclic) bond motifs is 1. The maximum Gasteiger partial charge on any atom is 0.268 e. The molecule has 5 nitrogen and oxygen atoms in total. The highest BCUT2D eigenvalue weighted by Crippen LogP contribution is 2.34. The largest absolute Gasteiger partial charge is 0.478 e. The Hall–Kier alpha value is -2.04. The van der Waals surface area contributed by atoms with Crippen molar-refractivity contribution in [3.05, 3.63) is 24.3 Å². The van der Waals surface area contributed by atoms with Crippen LogP contribution in [0.15, 0.2) is 24.3 Å². The van der Waals surface area contributed by atoms with Crippen molar-refractivity contribution < 1.29 is 14.3 Å². The summed E-state index contributed by atoms with van der Waals surface area (Å²) >= 11 is 0. The summed E-state index contributed by atoms with van der Waals surface area (Å²) in [6.45, 7) is 1.97. The van der Waals surface area contributed by atoms with Crippen molar-refractivity contribution in [2.75, 3.05) is 11.4 Å². The minimum Gasteiger partial charge on any atom is -0.478 e. The summed E-state index contributed by atoms with van der Waals surface area (Å²) in [4.78, 5) is 26.3. The van der Waals surface area contributed by atoms with Crippen LogP contribution in [0.4, 0.5) is 5.69 Å². The molecule has 0 aromatic heterocycles. The molecule has 1 saturated carbocycles. The Kier molecular flexibility index (Phi) is 4.32. The van der Waals surface area contributed by atoms with Gasteiger partial charge < -0.3 is 10.1 Å². The van der Waals surface area contributed by atoms with E-state index < -0.39 is 6.10 Å². The first kappa shape index (κ1) is 14.9. The Balaban J connectivity index is 1.75. The second kappa shape index (κ2) is 6.38. The van der Waals surface area contributed by atoms with Crippen molar-refractivity contribution in [2.45, 2.75) is 51.2 Å². The maximum absolute atomic E-state index is 12.5. The van der Waals surface area contributed by atoms with E-state index in [1.165, 1.54) is 12.8 Å². The van der Waals surface area contributed by atoms with Crippen LogP contribution in [0.3, 0.4) is 0 Å². The van der Waals surface area contributed by atoms with E-state index in [0.29, 0.717) is 17.9 Å². The quantitative estimate of drug-likeness (QED) is 0.928. The summed E-state index contributed by atoms with van der Waals surface area (Å²) < 4.78 is 5.72. The molecule has 3 rings (SSSR count). The lowest BCUT2D eigenvalue weighted by atomic mass is 10.1. The highest BCUT2D eigenvalue weighted by atomic mass is 16.5. The van der Waals surface area contributed by atoms with Crippen molar-refractivity contribution in [3.63, 3.8) is 0 Å². The van der Waals surface area contributed by atoms with Crippen molar-refractivity contribution in [1.82, 2.24) is 5.32 Å². The number of rotatable bonds is 4. The predicted octanol–water partition coefficient (Wildman–Crippen LogP) is 2.25. The van der Waals surface area contributed by atoms with Gasteiger partial charge in [-0.25, -0.2) is 0 Å². The lowest BCUT2D eigenvalue weighted by Gasteiger charge is -2.33. The van der Waals surface area contributed by atoms with Crippen LogP contribution in [-0.2, 0) is 9.59 Å². The molecule has 1 N–H and O–H groups in total. The number of ether oxygens (including phenoxy) is 1. The number of benzene rings is 1. The Labute approximate surface area is 130 Å². The van der Waals surface area contributed by atoms with Gasteiger partial charge in [-0.3, -0.25) is 14.5 Å². The molecule has 0 radical (unpaired) electrons. The van der Waals surface area contributed by atoms with Crippen LogP contribution in [0.1, 0.15) is 39.0 Å². The third-order valence-corrected chi connectivity index (χ3v) is 4.36. The van der Waals surface area contributed by atoms with Crippen LogP contribution in [-0.4, -0.2) is 30.5 Å². The Morgan fingerprint density at radius 3 is 2.77 bits per heavy atom. The van der Waals surface area contributed by atoms with Gasteiger partial charge in [0.2, 0.25) is 5.91 Å². The zero-order valence-corrected chi connectivity index (χ0v) is 12.9. The molecule has 1 aliphatic heterocycles. The molecule has 2 amide bonds. The van der Waals surface area contributed by atoms with Gasteiger partial charge in [0.15, 0.2) is 6.10 Å². The van der Waals surface area contributed by atoms with Crippen LogP contribution in [0.2, 0.25) is 0 Å². The second-order valence-corrected chi connectivity index (χ2v) is 5.96. The standard InChI is InChI=1S/C17H22N2O3/c1-2-14-17(21)19(13-9-5-6-10-15(13)22-14)11-16(20)18-12-7-3-4-8-12/h5-6,9-10,12,14H,2-4,7-8,11H2,1H3,(H,18,20)/t14-/m1/s1. The van der Waals surface area contributed by atoms with E-state index in [1.54, 1.807) is 4.90 Å². The first-order valence-electron chi connectivity index (χ1n) is 8.05. The fraction of sp³-hybridized carbons (Fsp3) is 0.529. The SMILES string of the molecule is CC[C@H]1Oc2ccccc2N(CC(=O)NC2CCCC2)C1=O. The normalized spacial score (nSPS) is 21.4. The Bertz CT molecular complexity index is 567. The molecule has 1 aromatic rings. The van der Waals surface area contributed by atoms with Crippen LogP contribution in [0.5, 0.6) is 5.75 Å². The van der Waals surface area contributed by atoms with Gasteiger partial charge in [0, 0.05) is 6.04 Å². The number of carbonyl (C=O) groups is 2. The molecule has 1 fully saturated rings. The lowest BCUT2D eigenvalue weighted by molar-refractivity contribution is -0.129. The molecule has 0 spiro atoms. The summed E-state index contributed by atoms with van der Waals surface area (Å²) in [5, 5.41) is 3.04. The van der Waals surface area contributed by atoms with Crippen LogP contribution < -0.4 is 15.0 Å². The van der Waals surface area contributed by atoms with Crippen molar-refractivity contribution >= 4 is 17.5 Å². The molecule has 1 aromatic carbocycles. The molecule has 22 heavy (non-hydrogen) atoms. The Morgan fingerprint density at radius 1 is 1.32 bits per heavy atom. The van der Waals surface area contributed by atoms with Crippen LogP contribution >= 0.6 is 0 Å². The predicted molar refractivity (Wildman–Crippen MR) is 83.9 cm³/mol. The number of hydrogen-bond acceptors (Lipinski definition) is 3. The smallest absolute Gasteiger partial charge is 0.268 e. The number of amides is 2. The van der Waals surface area contributed by atoms with E-state index in [4.69, 9.17) is 4.74 Å². The highest BCUT2D eigenvalue weighted by molar-refractivity contribution is 6.03. The van der Waals surface area contributed by atoms with E-state index in [1.807, 2.05) is 31.2 Å². The number of nitrogens with one attached hydrogen (secondary N) is 1. The number of anilines is 1. The molecule has 0 saturated heterocycles. The van der Waals surface area contributed by atoms with Gasteiger partial charge in [-0.05, 0) is 31.4 Å². The zero-order valence-electron chi connectivity index (χ0n) is 12.9. The molecule has 0 unspecified atom stereocenters. The minimum absolute atomic E-state index is 0.0617. The maximum atomic E-state index is 12.5. The molecular weight excluding hydrogens is 280 g/mol. The van der Waals surface area contributed by atoms with Gasteiger partial charge in [0.1, 0.15) is 12.3 Å². The zero-order chi connectivity index (χ0) is 15.5. The molecular formula is C17H22N2O3. The van der Waals surface area contributed by atoms with Gasteiger partial charge in [0.05, 0.1) is 5.69 Å². The summed E-state index contributed by atoms with van der Waals surface area (Å²) in [5.41, 5.74) is 0.679. The molecule has 1 heterocycles. The summed E-state index contributed by atoms with van der Waals surface area (Å²) in [6, 6.07) is 7.65. The van der Waals surface area contributed by atoms with Crippen molar-refractivity contribution in [2.24, 2.45) is 0 Å². The Morgan fingerprint density at radius 2 is 2.05 bits per heavy atom. The van der Waals surface area contributed by atoms with Gasteiger partial charge >= 0.3 is 0 Å². The third kappa shape index (κ3) is 2.93. The highest BCUT2D eigenvalue weighted by Gasteiger charge is 2.34. The lowest BCUT2D eigenvalue weighted by Crippen LogP contribution is -2.50.